The number of hydrogen-bond acceptors (Lipinski definition) is 1. The lowest BCUT2D eigenvalue weighted by atomic mass is 10.0. The molecule has 0 saturated heterocycles. The lowest BCUT2D eigenvalue weighted by Gasteiger charge is -2.43. The van der Waals surface area contributed by atoms with Gasteiger partial charge in [0.15, 0.2) is 0 Å². The number of Topliss-reactive ketones (excluding diaryl/α,β-unsaturated/α-hetero) is 1. The molecule has 1 rings (SSSR count). The normalized spacial score (nSPS) is 14.3. The Bertz CT molecular complexity index is 454. The predicted octanol–water partition coefficient (Wildman–Crippen LogP) is 5.72. The second-order valence-electron chi connectivity index (χ2n) is 8.28. The molecule has 21 heavy (non-hydrogen) atoms. The van der Waals surface area contributed by atoms with Gasteiger partial charge in [0.2, 0.25) is 0 Å². The zero-order chi connectivity index (χ0) is 16.3. The van der Waals surface area contributed by atoms with E-state index in [-0.39, 0.29) is 10.6 Å². The Balaban J connectivity index is 3.08. The third-order valence-corrected chi connectivity index (χ3v) is 11.2. The van der Waals surface area contributed by atoms with Gasteiger partial charge in [-0.05, 0) is 22.9 Å². The molecule has 1 nitrogen and oxygen atoms in total. The van der Waals surface area contributed by atoms with Crippen molar-refractivity contribution in [3.05, 3.63) is 35.9 Å². The van der Waals surface area contributed by atoms with E-state index in [0.29, 0.717) is 18.1 Å². The van der Waals surface area contributed by atoms with Crippen molar-refractivity contribution in [3.63, 3.8) is 0 Å². The van der Waals surface area contributed by atoms with Crippen LogP contribution in [0, 0.1) is 5.92 Å². The maximum Gasteiger partial charge on any atom is 0.133 e. The Kier molecular flexibility index (Phi) is 5.98. The topological polar surface area (TPSA) is 17.1 Å². The molecule has 0 saturated carbocycles. The van der Waals surface area contributed by atoms with Crippen LogP contribution in [0.5, 0.6) is 0 Å². The Morgan fingerprint density at radius 2 is 1.62 bits per heavy atom. The summed E-state index contributed by atoms with van der Waals surface area (Å²) in [7, 11) is -1.70. The molecule has 0 unspecified atom stereocenters. The molecule has 0 heterocycles. The van der Waals surface area contributed by atoms with Gasteiger partial charge in [-0.1, -0.05) is 78.0 Å². The summed E-state index contributed by atoms with van der Waals surface area (Å²) in [6.07, 6.45) is 1.62. The summed E-state index contributed by atoms with van der Waals surface area (Å²) in [4.78, 5) is 12.9. The van der Waals surface area contributed by atoms with E-state index in [0.717, 1.165) is 6.42 Å². The van der Waals surface area contributed by atoms with Crippen molar-refractivity contribution in [2.24, 2.45) is 5.92 Å². The highest BCUT2D eigenvalue weighted by molar-refractivity contribution is 6.84. The average molecular weight is 305 g/mol. The van der Waals surface area contributed by atoms with Crippen LogP contribution in [0.25, 0.3) is 0 Å². The lowest BCUT2D eigenvalue weighted by Crippen LogP contribution is -2.46. The summed E-state index contributed by atoms with van der Waals surface area (Å²) in [6, 6.07) is 10.5. The van der Waals surface area contributed by atoms with E-state index in [1.54, 1.807) is 0 Å². The summed E-state index contributed by atoms with van der Waals surface area (Å²) in [5.74, 6) is 0.918. The van der Waals surface area contributed by atoms with Crippen LogP contribution in [0.15, 0.2) is 30.3 Å². The Morgan fingerprint density at radius 3 is 2.05 bits per heavy atom. The summed E-state index contributed by atoms with van der Waals surface area (Å²) in [6.45, 7) is 16.0. The SMILES string of the molecule is CC(C)CC(=O)[C@H](Cc1ccccc1)[Si](C)(C)C(C)(C)C. The van der Waals surface area contributed by atoms with Crippen molar-refractivity contribution in [3.8, 4) is 0 Å². The van der Waals surface area contributed by atoms with Crippen LogP contribution >= 0.6 is 0 Å². The van der Waals surface area contributed by atoms with Crippen LogP contribution < -0.4 is 0 Å². The third-order valence-electron chi connectivity index (χ3n) is 5.08. The van der Waals surface area contributed by atoms with Gasteiger partial charge in [-0.15, -0.1) is 0 Å². The maximum atomic E-state index is 12.9. The van der Waals surface area contributed by atoms with Crippen molar-refractivity contribution in [1.29, 1.82) is 0 Å². The highest BCUT2D eigenvalue weighted by Crippen LogP contribution is 2.45. The van der Waals surface area contributed by atoms with E-state index in [1.165, 1.54) is 5.56 Å². The second kappa shape index (κ2) is 6.91. The number of benzene rings is 1. The van der Waals surface area contributed by atoms with E-state index in [4.69, 9.17) is 0 Å². The van der Waals surface area contributed by atoms with Gasteiger partial charge in [0.05, 0.1) is 8.07 Å². The van der Waals surface area contributed by atoms with E-state index in [1.807, 2.05) is 6.07 Å². The fourth-order valence-electron chi connectivity index (χ4n) is 2.69. The largest absolute Gasteiger partial charge is 0.300 e. The number of hydrogen-bond donors (Lipinski definition) is 0. The average Bonchev–Trinajstić information content (AvgIpc) is 2.34. The zero-order valence-electron chi connectivity index (χ0n) is 14.9. The van der Waals surface area contributed by atoms with Gasteiger partial charge in [-0.3, -0.25) is 4.79 Å². The molecule has 1 aromatic rings. The standard InChI is InChI=1S/C19H32OSi/c1-15(2)13-17(20)18(21(6,7)19(3,4)5)14-16-11-9-8-10-12-16/h8-12,15,18H,13-14H2,1-7H3/t18-/m0/s1. The molecule has 0 aromatic heterocycles. The molecule has 0 aliphatic rings. The molecular formula is C19H32OSi. The minimum Gasteiger partial charge on any atom is -0.300 e. The van der Waals surface area contributed by atoms with Crippen molar-refractivity contribution < 1.29 is 4.79 Å². The Morgan fingerprint density at radius 1 is 1.10 bits per heavy atom. The highest BCUT2D eigenvalue weighted by atomic mass is 28.3. The number of rotatable bonds is 6. The van der Waals surface area contributed by atoms with Crippen LogP contribution in [-0.4, -0.2) is 13.9 Å². The van der Waals surface area contributed by atoms with Crippen molar-refractivity contribution >= 4 is 13.9 Å². The molecule has 1 atom stereocenters. The lowest BCUT2D eigenvalue weighted by molar-refractivity contribution is -0.119. The van der Waals surface area contributed by atoms with E-state index in [2.05, 4.69) is 72.0 Å². The second-order valence-corrected chi connectivity index (χ2v) is 13.9. The van der Waals surface area contributed by atoms with E-state index < -0.39 is 8.07 Å². The van der Waals surface area contributed by atoms with Crippen LogP contribution in [-0.2, 0) is 11.2 Å². The molecule has 0 aliphatic heterocycles. The summed E-state index contributed by atoms with van der Waals surface area (Å²) in [5, 5.41) is 0.235. The van der Waals surface area contributed by atoms with Gasteiger partial charge >= 0.3 is 0 Å². The molecule has 0 spiro atoms. The first-order valence-corrected chi connectivity index (χ1v) is 11.2. The fourth-order valence-corrected chi connectivity index (χ4v) is 5.40. The van der Waals surface area contributed by atoms with Gasteiger partial charge in [0.25, 0.3) is 0 Å². The number of carbonyl (C=O) groups is 1. The van der Waals surface area contributed by atoms with Crippen molar-refractivity contribution in [1.82, 2.24) is 0 Å². The predicted molar refractivity (Wildman–Crippen MR) is 95.6 cm³/mol. The molecule has 0 amide bonds. The third kappa shape index (κ3) is 4.81. The Hall–Kier alpha value is -0.893. The molecule has 0 fully saturated rings. The monoisotopic (exact) mass is 304 g/mol. The van der Waals surface area contributed by atoms with Crippen molar-refractivity contribution in [2.45, 2.75) is 71.1 Å². The Labute approximate surface area is 132 Å². The summed E-state index contributed by atoms with van der Waals surface area (Å²) < 4.78 is 0. The van der Waals surface area contributed by atoms with E-state index in [9.17, 15) is 4.79 Å². The molecule has 0 radical (unpaired) electrons. The quantitative estimate of drug-likeness (QED) is 0.614. The number of ketones is 1. The first kappa shape index (κ1) is 18.2. The van der Waals surface area contributed by atoms with Gasteiger partial charge < -0.3 is 0 Å². The van der Waals surface area contributed by atoms with Crippen LogP contribution in [0.3, 0.4) is 0 Å². The minimum atomic E-state index is -1.70. The maximum absolute atomic E-state index is 12.9. The first-order chi connectivity index (χ1) is 9.55. The van der Waals surface area contributed by atoms with Gasteiger partial charge in [0.1, 0.15) is 5.78 Å². The van der Waals surface area contributed by atoms with Gasteiger partial charge in [0, 0.05) is 12.0 Å². The van der Waals surface area contributed by atoms with Crippen LogP contribution in [0.2, 0.25) is 23.7 Å². The zero-order valence-corrected chi connectivity index (χ0v) is 15.9. The molecule has 0 bridgehead atoms. The van der Waals surface area contributed by atoms with Gasteiger partial charge in [-0.2, -0.15) is 0 Å². The van der Waals surface area contributed by atoms with Crippen LogP contribution in [0.1, 0.15) is 46.6 Å². The molecule has 1 aromatic carbocycles. The molecule has 0 aliphatic carbocycles. The summed E-state index contributed by atoms with van der Waals surface area (Å²) >= 11 is 0. The van der Waals surface area contributed by atoms with E-state index >= 15 is 0 Å². The first-order valence-electron chi connectivity index (χ1n) is 8.12. The molecule has 0 N–H and O–H groups in total. The van der Waals surface area contributed by atoms with Gasteiger partial charge in [-0.25, -0.2) is 0 Å². The fraction of sp³-hybridized carbons (Fsp3) is 0.632. The molecule has 2 heteroatoms. The minimum absolute atomic E-state index is 0.210. The molecular weight excluding hydrogens is 272 g/mol. The molecule has 118 valence electrons. The van der Waals surface area contributed by atoms with Crippen molar-refractivity contribution in [2.75, 3.05) is 0 Å². The highest BCUT2D eigenvalue weighted by Gasteiger charge is 2.45. The van der Waals surface area contributed by atoms with Crippen LogP contribution in [0.4, 0.5) is 0 Å². The smallest absolute Gasteiger partial charge is 0.133 e. The number of carbonyl (C=O) groups excluding carboxylic acids is 1. The summed E-state index contributed by atoms with van der Waals surface area (Å²) in [5.41, 5.74) is 1.51.